The third-order valence-electron chi connectivity index (χ3n) is 2.74. The summed E-state index contributed by atoms with van der Waals surface area (Å²) < 4.78 is 5.24. The average molecular weight is 264 g/mol. The summed E-state index contributed by atoms with van der Waals surface area (Å²) in [5, 5.41) is 2.88. The number of amides is 1. The molecule has 0 aliphatic carbocycles. The summed E-state index contributed by atoms with van der Waals surface area (Å²) >= 11 is 0. The van der Waals surface area contributed by atoms with E-state index in [1.165, 1.54) is 0 Å². The number of ether oxygens (including phenoxy) is 1. The van der Waals surface area contributed by atoms with Crippen LogP contribution in [-0.2, 0) is 4.74 Å². The average Bonchev–Trinajstić information content (AvgIpc) is 2.76. The molecule has 1 unspecified atom stereocenters. The molecule has 1 aliphatic rings. The summed E-state index contributed by atoms with van der Waals surface area (Å²) in [5.41, 5.74) is -0.467. The molecule has 2 heterocycles. The molecule has 1 fully saturated rings. The lowest BCUT2D eigenvalue weighted by molar-refractivity contribution is 0.0509. The maximum absolute atomic E-state index is 11.7. The van der Waals surface area contributed by atoms with Gasteiger partial charge in [-0.2, -0.15) is 0 Å². The fourth-order valence-corrected chi connectivity index (χ4v) is 1.99. The van der Waals surface area contributed by atoms with Crippen LogP contribution in [0.5, 0.6) is 0 Å². The van der Waals surface area contributed by atoms with E-state index in [0.29, 0.717) is 12.5 Å². The smallest absolute Gasteiger partial charge is 0.407 e. The Balaban J connectivity index is 1.84. The highest BCUT2D eigenvalue weighted by Gasteiger charge is 2.27. The number of rotatable bonds is 2. The summed E-state index contributed by atoms with van der Waals surface area (Å²) in [4.78, 5) is 22.1. The minimum atomic E-state index is -0.467. The zero-order chi connectivity index (χ0) is 13.9. The molecule has 1 atom stereocenters. The van der Waals surface area contributed by atoms with Crippen LogP contribution in [0.4, 0.5) is 10.7 Å². The van der Waals surface area contributed by atoms with E-state index in [1.54, 1.807) is 18.5 Å². The molecule has 1 aromatic heterocycles. The Bertz CT molecular complexity index is 430. The fourth-order valence-electron chi connectivity index (χ4n) is 1.99. The van der Waals surface area contributed by atoms with Gasteiger partial charge in [-0.1, -0.05) is 0 Å². The highest BCUT2D eigenvalue weighted by molar-refractivity contribution is 5.68. The maximum atomic E-state index is 11.7. The quantitative estimate of drug-likeness (QED) is 0.878. The van der Waals surface area contributed by atoms with Crippen LogP contribution < -0.4 is 10.2 Å². The molecular formula is C13H20N4O2. The summed E-state index contributed by atoms with van der Waals surface area (Å²) in [5.74, 6) is 0.705. The van der Waals surface area contributed by atoms with Gasteiger partial charge in [-0.25, -0.2) is 14.8 Å². The molecule has 0 radical (unpaired) electrons. The van der Waals surface area contributed by atoms with E-state index in [4.69, 9.17) is 4.74 Å². The molecule has 0 spiro atoms. The molecule has 0 saturated carbocycles. The van der Waals surface area contributed by atoms with Gasteiger partial charge in [0.1, 0.15) is 5.60 Å². The summed E-state index contributed by atoms with van der Waals surface area (Å²) in [6.07, 6.45) is 3.94. The molecule has 1 N–H and O–H groups in total. The Morgan fingerprint density at radius 3 is 2.74 bits per heavy atom. The normalized spacial score (nSPS) is 19.3. The molecule has 1 aliphatic heterocycles. The molecule has 1 amide bonds. The monoisotopic (exact) mass is 264 g/mol. The largest absolute Gasteiger partial charge is 0.444 e. The van der Waals surface area contributed by atoms with Gasteiger partial charge in [0.25, 0.3) is 0 Å². The van der Waals surface area contributed by atoms with E-state index in [2.05, 4.69) is 20.2 Å². The first-order chi connectivity index (χ1) is 8.94. The lowest BCUT2D eigenvalue weighted by Crippen LogP contribution is -2.40. The van der Waals surface area contributed by atoms with Crippen LogP contribution in [-0.4, -0.2) is 40.8 Å². The van der Waals surface area contributed by atoms with Crippen molar-refractivity contribution in [1.29, 1.82) is 0 Å². The molecule has 0 aromatic carbocycles. The van der Waals surface area contributed by atoms with Crippen molar-refractivity contribution >= 4 is 12.0 Å². The molecule has 19 heavy (non-hydrogen) atoms. The molecule has 6 heteroatoms. The SMILES string of the molecule is CC(C)(C)OC(=O)NC1CCN(c2ncccn2)C1. The lowest BCUT2D eigenvalue weighted by atomic mass is 10.2. The third kappa shape index (κ3) is 4.08. The van der Waals surface area contributed by atoms with E-state index in [9.17, 15) is 4.79 Å². The molecule has 2 rings (SSSR count). The minimum absolute atomic E-state index is 0.0821. The Kier molecular flexibility index (Phi) is 3.87. The van der Waals surface area contributed by atoms with Crippen molar-refractivity contribution in [1.82, 2.24) is 15.3 Å². The van der Waals surface area contributed by atoms with Gasteiger partial charge >= 0.3 is 6.09 Å². The topological polar surface area (TPSA) is 67.3 Å². The number of hydrogen-bond donors (Lipinski definition) is 1. The highest BCUT2D eigenvalue weighted by atomic mass is 16.6. The molecular weight excluding hydrogens is 244 g/mol. The van der Waals surface area contributed by atoms with Gasteiger partial charge in [0.2, 0.25) is 5.95 Å². The van der Waals surface area contributed by atoms with Gasteiger partial charge in [0, 0.05) is 25.5 Å². The number of alkyl carbamates (subject to hydrolysis) is 1. The Morgan fingerprint density at radius 2 is 2.11 bits per heavy atom. The Hall–Kier alpha value is -1.85. The van der Waals surface area contributed by atoms with Crippen molar-refractivity contribution < 1.29 is 9.53 Å². The summed E-state index contributed by atoms with van der Waals surface area (Å²) in [6.45, 7) is 7.11. The molecule has 6 nitrogen and oxygen atoms in total. The zero-order valence-corrected chi connectivity index (χ0v) is 11.6. The number of carbonyl (C=O) groups is 1. The highest BCUT2D eigenvalue weighted by Crippen LogP contribution is 2.15. The zero-order valence-electron chi connectivity index (χ0n) is 11.6. The van der Waals surface area contributed by atoms with Crippen LogP contribution in [0.15, 0.2) is 18.5 Å². The van der Waals surface area contributed by atoms with Crippen LogP contribution in [0.3, 0.4) is 0 Å². The van der Waals surface area contributed by atoms with Crippen LogP contribution in [0.1, 0.15) is 27.2 Å². The van der Waals surface area contributed by atoms with Crippen LogP contribution in [0.25, 0.3) is 0 Å². The molecule has 1 saturated heterocycles. The van der Waals surface area contributed by atoms with Gasteiger partial charge in [0.05, 0.1) is 6.04 Å². The van der Waals surface area contributed by atoms with E-state index < -0.39 is 5.60 Å². The van der Waals surface area contributed by atoms with E-state index in [-0.39, 0.29) is 12.1 Å². The minimum Gasteiger partial charge on any atom is -0.444 e. The second-order valence-electron chi connectivity index (χ2n) is 5.63. The molecule has 0 bridgehead atoms. The number of nitrogens with zero attached hydrogens (tertiary/aromatic N) is 3. The second-order valence-corrected chi connectivity index (χ2v) is 5.63. The van der Waals surface area contributed by atoms with Crippen molar-refractivity contribution in [3.8, 4) is 0 Å². The number of nitrogens with one attached hydrogen (secondary N) is 1. The van der Waals surface area contributed by atoms with Crippen molar-refractivity contribution in [2.24, 2.45) is 0 Å². The standard InChI is InChI=1S/C13H20N4O2/c1-13(2,3)19-12(18)16-10-5-8-17(9-10)11-14-6-4-7-15-11/h4,6-7,10H,5,8-9H2,1-3H3,(H,16,18). The van der Waals surface area contributed by atoms with Gasteiger partial charge in [-0.05, 0) is 33.3 Å². The first-order valence-corrected chi connectivity index (χ1v) is 6.45. The van der Waals surface area contributed by atoms with Crippen molar-refractivity contribution in [2.75, 3.05) is 18.0 Å². The van der Waals surface area contributed by atoms with E-state index in [0.717, 1.165) is 13.0 Å². The number of aromatic nitrogens is 2. The Labute approximate surface area is 113 Å². The number of anilines is 1. The van der Waals surface area contributed by atoms with Crippen molar-refractivity contribution in [2.45, 2.75) is 38.8 Å². The van der Waals surface area contributed by atoms with Gasteiger partial charge < -0.3 is 15.0 Å². The van der Waals surface area contributed by atoms with Crippen LogP contribution >= 0.6 is 0 Å². The van der Waals surface area contributed by atoms with Crippen LogP contribution in [0, 0.1) is 0 Å². The predicted octanol–water partition coefficient (Wildman–Crippen LogP) is 1.58. The van der Waals surface area contributed by atoms with Gasteiger partial charge in [-0.3, -0.25) is 0 Å². The maximum Gasteiger partial charge on any atom is 0.407 e. The number of carbonyl (C=O) groups excluding carboxylic acids is 1. The van der Waals surface area contributed by atoms with Crippen LogP contribution in [0.2, 0.25) is 0 Å². The summed E-state index contributed by atoms with van der Waals surface area (Å²) in [7, 11) is 0. The fraction of sp³-hybridized carbons (Fsp3) is 0.615. The van der Waals surface area contributed by atoms with Gasteiger partial charge in [-0.15, -0.1) is 0 Å². The second kappa shape index (κ2) is 5.42. The molecule has 1 aromatic rings. The van der Waals surface area contributed by atoms with Crippen molar-refractivity contribution in [3.05, 3.63) is 18.5 Å². The van der Waals surface area contributed by atoms with Gasteiger partial charge in [0.15, 0.2) is 0 Å². The predicted molar refractivity (Wildman–Crippen MR) is 72.0 cm³/mol. The Morgan fingerprint density at radius 1 is 1.42 bits per heavy atom. The van der Waals surface area contributed by atoms with E-state index in [1.807, 2.05) is 20.8 Å². The lowest BCUT2D eigenvalue weighted by Gasteiger charge is -2.22. The summed E-state index contributed by atoms with van der Waals surface area (Å²) in [6, 6.07) is 1.87. The third-order valence-corrected chi connectivity index (χ3v) is 2.74. The first-order valence-electron chi connectivity index (χ1n) is 6.45. The first kappa shape index (κ1) is 13.6. The van der Waals surface area contributed by atoms with E-state index >= 15 is 0 Å². The molecule has 104 valence electrons. The van der Waals surface area contributed by atoms with Crippen molar-refractivity contribution in [3.63, 3.8) is 0 Å². The number of hydrogen-bond acceptors (Lipinski definition) is 5.